The highest BCUT2D eigenvalue weighted by atomic mass is 32.2. The fourth-order valence-electron chi connectivity index (χ4n) is 12.4. The predicted octanol–water partition coefficient (Wildman–Crippen LogP) is 26.3. The highest BCUT2D eigenvalue weighted by molar-refractivity contribution is 8.03. The van der Waals surface area contributed by atoms with Crippen LogP contribution in [0, 0.1) is 0 Å². The van der Waals surface area contributed by atoms with Gasteiger partial charge in [0.25, 0.3) is 0 Å². The minimum atomic E-state index is -1.06. The third kappa shape index (κ3) is 52.2. The summed E-state index contributed by atoms with van der Waals surface area (Å²) >= 11 is 2.36. The van der Waals surface area contributed by atoms with Crippen LogP contribution in [0.2, 0.25) is 0 Å². The first kappa shape index (κ1) is 86.6. The third-order valence-corrected chi connectivity index (χ3v) is 22.1. The summed E-state index contributed by atoms with van der Waals surface area (Å²) < 4.78 is -4.22. The van der Waals surface area contributed by atoms with Gasteiger partial charge in [-0.05, 0) is 53.4 Å². The maximum absolute atomic E-state index is 12.3. The van der Waals surface area contributed by atoms with Crippen molar-refractivity contribution in [2.24, 2.45) is 0 Å². The first-order chi connectivity index (χ1) is 41.4. The van der Waals surface area contributed by atoms with E-state index in [1.165, 1.54) is 306 Å². The summed E-state index contributed by atoms with van der Waals surface area (Å²) in [4.78, 5) is 49.1. The molecule has 8 nitrogen and oxygen atoms in total. The molecule has 0 rings (SSSR count). The van der Waals surface area contributed by atoms with Crippen LogP contribution in [0.3, 0.4) is 0 Å². The molecule has 0 aliphatic heterocycles. The Bertz CT molecular complexity index is 1420. The fourth-order valence-corrected chi connectivity index (χ4v) is 15.8. The summed E-state index contributed by atoms with van der Waals surface area (Å²) in [7, 11) is 0. The molecule has 0 spiro atoms. The Kier molecular flexibility index (Phi) is 61.6. The zero-order valence-corrected chi connectivity index (χ0v) is 60.3. The Balaban J connectivity index is 0. The molecule has 86 heavy (non-hydrogen) atoms. The summed E-state index contributed by atoms with van der Waals surface area (Å²) in [5.74, 6) is -3.50. The molecule has 0 fully saturated rings. The molecule has 0 aromatic carbocycles. The van der Waals surface area contributed by atoms with Gasteiger partial charge in [0.1, 0.15) is 19.0 Å². The Morgan fingerprint density at radius 1 is 0.198 bits per heavy atom. The molecule has 0 radical (unpaired) electrons. The smallest absolute Gasteiger partial charge is 0.319 e. The summed E-state index contributed by atoms with van der Waals surface area (Å²) in [6.45, 7) is 16.0. The van der Waals surface area contributed by atoms with E-state index in [-0.39, 0.29) is 0 Å². The zero-order valence-electron chi connectivity index (χ0n) is 58.7. The molecule has 4 atom stereocenters. The highest BCUT2D eigenvalue weighted by Gasteiger charge is 2.46. The van der Waals surface area contributed by atoms with E-state index in [4.69, 9.17) is 0 Å². The second kappa shape index (κ2) is 61.1. The second-order valence-corrected chi connectivity index (χ2v) is 31.7. The molecule has 4 N–H and O–H groups in total. The number of carboxylic acid groups (broad SMARTS) is 4. The number of hydrogen-bond acceptors (Lipinski definition) is 6. The highest BCUT2D eigenvalue weighted by Crippen LogP contribution is 2.45. The van der Waals surface area contributed by atoms with E-state index < -0.39 is 42.9 Å². The molecule has 0 aromatic heterocycles. The van der Waals surface area contributed by atoms with E-state index in [9.17, 15) is 39.6 Å². The molecular weight excluding hydrogens is 1100 g/mol. The van der Waals surface area contributed by atoms with Gasteiger partial charge in [-0.15, -0.1) is 23.5 Å². The molecule has 0 saturated carbocycles. The molecule has 512 valence electrons. The Morgan fingerprint density at radius 2 is 0.291 bits per heavy atom. The van der Waals surface area contributed by atoms with Crippen LogP contribution in [-0.4, -0.2) is 63.3 Å². The van der Waals surface area contributed by atoms with Crippen molar-refractivity contribution in [3.8, 4) is 0 Å². The molecule has 0 aliphatic carbocycles. The van der Waals surface area contributed by atoms with Gasteiger partial charge >= 0.3 is 23.9 Å². The summed E-state index contributed by atoms with van der Waals surface area (Å²) in [6.07, 6.45) is 73.4. The van der Waals surface area contributed by atoms with Gasteiger partial charge in [0, 0.05) is 0 Å². The molecule has 4 unspecified atom stereocenters. The lowest BCUT2D eigenvalue weighted by molar-refractivity contribution is -0.141. The molecule has 0 aromatic rings. The largest absolute Gasteiger partial charge is 0.480 e. The van der Waals surface area contributed by atoms with Crippen molar-refractivity contribution in [1.82, 2.24) is 0 Å². The molecular formula is C76H148O8S2. The molecule has 0 amide bonds. The summed E-state index contributed by atoms with van der Waals surface area (Å²) in [6, 6.07) is 0. The van der Waals surface area contributed by atoms with Gasteiger partial charge in [0.15, 0.2) is 0 Å². The number of unbranched alkanes of at least 4 members (excludes halogenated alkanes) is 52. The van der Waals surface area contributed by atoms with E-state index in [0.29, 0.717) is 25.7 Å². The number of hydrogen-bond donors (Lipinski definition) is 4. The van der Waals surface area contributed by atoms with Crippen LogP contribution in [0.15, 0.2) is 0 Å². The van der Waals surface area contributed by atoms with E-state index >= 15 is 0 Å². The van der Waals surface area contributed by atoms with Gasteiger partial charge in [-0.2, -0.15) is 0 Å². The quantitative estimate of drug-likeness (QED) is 0.0434. The van der Waals surface area contributed by atoms with Crippen molar-refractivity contribution >= 4 is 47.4 Å². The summed E-state index contributed by atoms with van der Waals surface area (Å²) in [5, 5.41) is 40.2. The van der Waals surface area contributed by atoms with Gasteiger partial charge in [-0.1, -0.05) is 387 Å². The Hall–Kier alpha value is -1.42. The first-order valence-electron chi connectivity index (χ1n) is 37.8. The van der Waals surface area contributed by atoms with Crippen molar-refractivity contribution in [3.63, 3.8) is 0 Å². The van der Waals surface area contributed by atoms with E-state index in [0.717, 1.165) is 77.0 Å². The lowest BCUT2D eigenvalue weighted by Crippen LogP contribution is -2.42. The van der Waals surface area contributed by atoms with Crippen molar-refractivity contribution in [2.45, 2.75) is 460 Å². The third-order valence-electron chi connectivity index (χ3n) is 18.7. The number of rotatable bonds is 68. The van der Waals surface area contributed by atoms with Crippen LogP contribution in [0.5, 0.6) is 0 Å². The van der Waals surface area contributed by atoms with E-state index in [1.807, 2.05) is 0 Å². The lowest BCUT2D eigenvalue weighted by Gasteiger charge is -2.34. The minimum Gasteiger partial charge on any atom is -0.480 e. The van der Waals surface area contributed by atoms with Crippen molar-refractivity contribution in [3.05, 3.63) is 0 Å². The predicted molar refractivity (Wildman–Crippen MR) is 379 cm³/mol. The van der Waals surface area contributed by atoms with Gasteiger partial charge in [0.2, 0.25) is 0 Å². The molecule has 0 aliphatic rings. The van der Waals surface area contributed by atoms with Gasteiger partial charge < -0.3 is 20.4 Å². The van der Waals surface area contributed by atoms with Crippen LogP contribution >= 0.6 is 23.5 Å². The second-order valence-electron chi connectivity index (χ2n) is 27.7. The van der Waals surface area contributed by atoms with Crippen molar-refractivity contribution in [2.75, 3.05) is 0 Å². The van der Waals surface area contributed by atoms with Crippen LogP contribution in [0.4, 0.5) is 0 Å². The standard InChI is InChI=1S/C42H82O4S.C34H66O4S/c1-5-7-9-11-13-15-17-19-21-23-25-27-29-31-33-35-37-41(3,39(43)44)47-42(4,40(45)46)38-36-34-32-30-28-26-24-22-20-18-16-14-12-10-8-6-2;1-5-7-9-11-13-15-17-19-21-23-25-27-29-33(3,31(35)36)39-34(4,32(37)38)30-28-26-24-22-20-18-16-14-12-10-8-6-2/h5-38H2,1-4H3,(H,43,44)(H,45,46);5-30H2,1-4H3,(H,35,36)(H,37,38). The summed E-state index contributed by atoms with van der Waals surface area (Å²) in [5.41, 5.74) is 0. The first-order valence-corrected chi connectivity index (χ1v) is 39.4. The number of carboxylic acids is 4. The molecule has 0 saturated heterocycles. The maximum Gasteiger partial charge on any atom is 0.319 e. The van der Waals surface area contributed by atoms with Crippen molar-refractivity contribution in [1.29, 1.82) is 0 Å². The van der Waals surface area contributed by atoms with Crippen LogP contribution in [0.25, 0.3) is 0 Å². The number of aliphatic carboxylic acids is 4. The normalized spacial score (nSPS) is 14.4. The van der Waals surface area contributed by atoms with Gasteiger partial charge in [-0.25, -0.2) is 0 Å². The average molecular weight is 1250 g/mol. The fraction of sp³-hybridized carbons (Fsp3) is 0.947. The van der Waals surface area contributed by atoms with Crippen LogP contribution in [0.1, 0.15) is 441 Å². The molecule has 0 bridgehead atoms. The monoisotopic (exact) mass is 1250 g/mol. The Morgan fingerprint density at radius 3 is 0.384 bits per heavy atom. The maximum atomic E-state index is 12.3. The van der Waals surface area contributed by atoms with Crippen LogP contribution < -0.4 is 0 Å². The SMILES string of the molecule is CCCCCCCCCCCCCCC(C)(SC(C)(CCCCCCCCCCCCCC)C(=O)O)C(=O)O.CCCCCCCCCCCCCCCCCCC(C)(SC(C)(CCCCCCCCCCCCCCCCCC)C(=O)O)C(=O)O. The molecule has 10 heteroatoms. The van der Waals surface area contributed by atoms with E-state index in [1.54, 1.807) is 27.7 Å². The lowest BCUT2D eigenvalue weighted by atomic mass is 9.99. The Labute approximate surface area is 543 Å². The molecule has 0 heterocycles. The van der Waals surface area contributed by atoms with Crippen LogP contribution in [-0.2, 0) is 19.2 Å². The topological polar surface area (TPSA) is 149 Å². The average Bonchev–Trinajstić information content (AvgIpc) is 2.31. The van der Waals surface area contributed by atoms with Gasteiger partial charge in [0.05, 0.1) is 0 Å². The number of thioether (sulfide) groups is 2. The number of carbonyl (C=O) groups is 4. The minimum absolute atomic E-state index is 0.533. The van der Waals surface area contributed by atoms with Crippen molar-refractivity contribution < 1.29 is 39.6 Å². The van der Waals surface area contributed by atoms with Gasteiger partial charge in [-0.3, -0.25) is 19.2 Å². The van der Waals surface area contributed by atoms with E-state index in [2.05, 4.69) is 27.7 Å². The zero-order chi connectivity index (χ0) is 64.2.